The molecule has 2 aliphatic rings. The summed E-state index contributed by atoms with van der Waals surface area (Å²) in [5, 5.41) is 13.5. The quantitative estimate of drug-likeness (QED) is 0.615. The third-order valence-electron chi connectivity index (χ3n) is 5.11. The van der Waals surface area contributed by atoms with E-state index in [0.29, 0.717) is 37.3 Å². The number of Topliss-reactive ketones (excluding diaryl/α,β-unsaturated/α-hetero) is 1. The predicted octanol–water partition coefficient (Wildman–Crippen LogP) is 3.27. The Labute approximate surface area is 169 Å². The Morgan fingerprint density at radius 3 is 2.97 bits per heavy atom. The molecule has 5 rings (SSSR count). The van der Waals surface area contributed by atoms with Crippen LogP contribution in [0.1, 0.15) is 60.7 Å². The summed E-state index contributed by atoms with van der Waals surface area (Å²) in [6.07, 6.45) is 4.29. The highest BCUT2D eigenvalue weighted by Crippen LogP contribution is 2.42. The van der Waals surface area contributed by atoms with Crippen molar-refractivity contribution in [3.63, 3.8) is 0 Å². The highest BCUT2D eigenvalue weighted by molar-refractivity contribution is 7.12. The van der Waals surface area contributed by atoms with Crippen molar-refractivity contribution in [3.05, 3.63) is 50.7 Å². The van der Waals surface area contributed by atoms with E-state index >= 15 is 0 Å². The number of pyridine rings is 1. The third-order valence-corrected chi connectivity index (χ3v) is 6.32. The Hall–Kier alpha value is -2.91. The van der Waals surface area contributed by atoms with Crippen molar-refractivity contribution in [2.75, 3.05) is 6.61 Å². The first-order valence-electron chi connectivity index (χ1n) is 9.38. The van der Waals surface area contributed by atoms with E-state index in [1.54, 1.807) is 0 Å². The number of ketones is 1. The van der Waals surface area contributed by atoms with Crippen LogP contribution >= 0.6 is 11.3 Å². The average Bonchev–Trinajstić information content (AvgIpc) is 3.35. The average molecular weight is 411 g/mol. The van der Waals surface area contributed by atoms with Gasteiger partial charge in [-0.25, -0.2) is 4.79 Å². The molecule has 4 heterocycles. The van der Waals surface area contributed by atoms with E-state index < -0.39 is 5.97 Å². The van der Waals surface area contributed by atoms with Gasteiger partial charge in [-0.15, -0.1) is 11.3 Å². The molecule has 3 aromatic rings. The van der Waals surface area contributed by atoms with Crippen molar-refractivity contribution in [1.82, 2.24) is 15.1 Å². The topological polar surface area (TPSA) is 115 Å². The maximum Gasteiger partial charge on any atom is 0.338 e. The second kappa shape index (κ2) is 7.16. The normalized spacial score (nSPS) is 15.9. The minimum absolute atomic E-state index is 0.0193. The van der Waals surface area contributed by atoms with E-state index in [1.807, 2.05) is 0 Å². The van der Waals surface area contributed by atoms with Gasteiger partial charge in [0, 0.05) is 28.3 Å². The summed E-state index contributed by atoms with van der Waals surface area (Å²) in [5.74, 6) is -0.0324. The molecule has 8 nitrogen and oxygen atoms in total. The summed E-state index contributed by atoms with van der Waals surface area (Å²) in [7, 11) is 0. The van der Waals surface area contributed by atoms with Crippen LogP contribution < -0.4 is 0 Å². The largest absolute Gasteiger partial charge is 0.478 e. The molecule has 3 aromatic heterocycles. The lowest BCUT2D eigenvalue weighted by molar-refractivity contribution is 0.0691. The van der Waals surface area contributed by atoms with Gasteiger partial charge in [-0.05, 0) is 37.0 Å². The zero-order valence-corrected chi connectivity index (χ0v) is 16.2. The van der Waals surface area contributed by atoms with Crippen LogP contribution in [0.15, 0.2) is 22.9 Å². The molecule has 29 heavy (non-hydrogen) atoms. The van der Waals surface area contributed by atoms with Gasteiger partial charge in [0.1, 0.15) is 5.69 Å². The van der Waals surface area contributed by atoms with Crippen LogP contribution in [-0.4, -0.2) is 38.6 Å². The summed E-state index contributed by atoms with van der Waals surface area (Å²) >= 11 is 1.48. The molecule has 0 atom stereocenters. The van der Waals surface area contributed by atoms with E-state index in [1.165, 1.54) is 29.7 Å². The molecule has 148 valence electrons. The predicted molar refractivity (Wildman–Crippen MR) is 102 cm³/mol. The van der Waals surface area contributed by atoms with Crippen molar-refractivity contribution < 1.29 is 24.0 Å². The van der Waals surface area contributed by atoms with Crippen LogP contribution in [0.3, 0.4) is 0 Å². The van der Waals surface area contributed by atoms with E-state index in [4.69, 9.17) is 9.26 Å². The van der Waals surface area contributed by atoms with E-state index in [9.17, 15) is 14.7 Å². The number of fused-ring (bicyclic) bond motifs is 1. The molecule has 0 saturated heterocycles. The minimum atomic E-state index is -1.17. The fourth-order valence-electron chi connectivity index (χ4n) is 3.54. The van der Waals surface area contributed by atoms with E-state index in [2.05, 4.69) is 15.1 Å². The van der Waals surface area contributed by atoms with Gasteiger partial charge >= 0.3 is 5.97 Å². The lowest BCUT2D eigenvalue weighted by atomic mass is 10.0. The smallest absolute Gasteiger partial charge is 0.338 e. The summed E-state index contributed by atoms with van der Waals surface area (Å²) in [6, 6.07) is 2.89. The molecule has 0 bridgehead atoms. The number of carboxylic acids is 1. The molecule has 1 fully saturated rings. The maximum atomic E-state index is 12.9. The van der Waals surface area contributed by atoms with Crippen LogP contribution in [0.4, 0.5) is 0 Å². The van der Waals surface area contributed by atoms with Crippen LogP contribution in [0.25, 0.3) is 11.5 Å². The molecule has 0 amide bonds. The van der Waals surface area contributed by atoms with Gasteiger partial charge in [0.25, 0.3) is 5.89 Å². The fourth-order valence-corrected chi connectivity index (χ4v) is 4.82. The first kappa shape index (κ1) is 18.1. The molecule has 9 heteroatoms. The number of carboxylic acid groups (broad SMARTS) is 1. The Balaban J connectivity index is 1.54. The van der Waals surface area contributed by atoms with Crippen LogP contribution in [0.5, 0.6) is 0 Å². The number of carbonyl (C=O) groups excluding carboxylic acids is 1. The monoisotopic (exact) mass is 411 g/mol. The van der Waals surface area contributed by atoms with Gasteiger partial charge < -0.3 is 14.4 Å². The van der Waals surface area contributed by atoms with Gasteiger partial charge in [0.2, 0.25) is 0 Å². The number of hydrogen-bond acceptors (Lipinski definition) is 8. The highest BCUT2D eigenvalue weighted by Gasteiger charge is 2.32. The van der Waals surface area contributed by atoms with E-state index in [-0.39, 0.29) is 23.5 Å². The lowest BCUT2D eigenvalue weighted by Crippen LogP contribution is -2.13. The van der Waals surface area contributed by atoms with Gasteiger partial charge in [-0.1, -0.05) is 5.16 Å². The molecule has 1 N–H and O–H groups in total. The maximum absolute atomic E-state index is 12.9. The Kier molecular flexibility index (Phi) is 4.48. The summed E-state index contributed by atoms with van der Waals surface area (Å²) < 4.78 is 11.1. The van der Waals surface area contributed by atoms with Gasteiger partial charge in [0.15, 0.2) is 11.6 Å². The minimum Gasteiger partial charge on any atom is -0.478 e. The van der Waals surface area contributed by atoms with Crippen LogP contribution in [0, 0.1) is 0 Å². The highest BCUT2D eigenvalue weighted by atomic mass is 32.1. The van der Waals surface area contributed by atoms with Crippen molar-refractivity contribution in [3.8, 4) is 11.5 Å². The first-order chi connectivity index (χ1) is 14.1. The summed E-state index contributed by atoms with van der Waals surface area (Å²) in [5.41, 5.74) is 1.73. The zero-order chi connectivity index (χ0) is 20.0. The first-order valence-corrected chi connectivity index (χ1v) is 10.2. The third kappa shape index (κ3) is 3.36. The summed E-state index contributed by atoms with van der Waals surface area (Å²) in [6.45, 7) is 1.08. The van der Waals surface area contributed by atoms with Crippen molar-refractivity contribution >= 4 is 23.1 Å². The van der Waals surface area contributed by atoms with Gasteiger partial charge in [-0.2, -0.15) is 4.98 Å². The number of aromatic nitrogens is 3. The molecule has 0 spiro atoms. The number of rotatable bonds is 6. The molecule has 0 aromatic carbocycles. The second-order valence-electron chi connectivity index (χ2n) is 7.14. The summed E-state index contributed by atoms with van der Waals surface area (Å²) in [4.78, 5) is 34.8. The Bertz CT molecular complexity index is 1120. The number of hydrogen-bond donors (Lipinski definition) is 1. The van der Waals surface area contributed by atoms with Crippen molar-refractivity contribution in [1.29, 1.82) is 0 Å². The number of nitrogens with zero attached hydrogens (tertiary/aromatic N) is 3. The standard InChI is InChI=1S/C20H17N3O5S/c24-13(17-12(20(25)26)2-1-6-21-17)8-14-16(11-5-7-27-9-15(11)29-14)19-22-18(23-28-19)10-3-4-10/h1-2,6,10H,3-5,7-9H2,(H,25,26). The number of carbonyl (C=O) groups is 2. The number of ether oxygens (including phenoxy) is 1. The molecule has 0 unspecified atom stereocenters. The lowest BCUT2D eigenvalue weighted by Gasteiger charge is -2.12. The zero-order valence-electron chi connectivity index (χ0n) is 15.4. The molecule has 1 aliphatic carbocycles. The van der Waals surface area contributed by atoms with Gasteiger partial charge in [0.05, 0.1) is 24.3 Å². The van der Waals surface area contributed by atoms with Crippen molar-refractivity contribution in [2.45, 2.75) is 38.2 Å². The van der Waals surface area contributed by atoms with E-state index in [0.717, 1.165) is 33.7 Å². The van der Waals surface area contributed by atoms with Crippen LogP contribution in [0.2, 0.25) is 0 Å². The molecule has 0 radical (unpaired) electrons. The van der Waals surface area contributed by atoms with Crippen molar-refractivity contribution in [2.24, 2.45) is 0 Å². The number of aromatic carboxylic acids is 1. The number of thiophene rings is 1. The van der Waals surface area contributed by atoms with Gasteiger partial charge in [-0.3, -0.25) is 9.78 Å². The Morgan fingerprint density at radius 1 is 1.31 bits per heavy atom. The SMILES string of the molecule is O=C(O)c1cccnc1C(=O)Cc1sc2c(c1-c1nc(C3CC3)no1)CCOC2. The molecule has 1 aliphatic heterocycles. The fraction of sp³-hybridized carbons (Fsp3) is 0.350. The molecule has 1 saturated carbocycles. The second-order valence-corrected chi connectivity index (χ2v) is 8.33. The molecular weight excluding hydrogens is 394 g/mol. The Morgan fingerprint density at radius 2 is 2.17 bits per heavy atom. The van der Waals surface area contributed by atoms with Crippen LogP contribution in [-0.2, 0) is 24.2 Å². The molecular formula is C20H17N3O5S.